The molecule has 0 saturated heterocycles. The van der Waals surface area contributed by atoms with E-state index in [4.69, 9.17) is 23.2 Å². The smallest absolute Gasteiger partial charge is 0.0595 e. The van der Waals surface area contributed by atoms with Crippen molar-refractivity contribution in [3.63, 3.8) is 0 Å². The molecule has 0 saturated carbocycles. The molecule has 2 rings (SSSR count). The molecule has 0 aliphatic carbocycles. The van der Waals surface area contributed by atoms with E-state index in [1.54, 1.807) is 0 Å². The molecule has 1 atom stereocenters. The van der Waals surface area contributed by atoms with Crippen molar-refractivity contribution >= 4 is 28.9 Å². The van der Waals surface area contributed by atoms with Gasteiger partial charge in [-0.05, 0) is 56.4 Å². The van der Waals surface area contributed by atoms with E-state index in [-0.39, 0.29) is 6.04 Å². The number of nitrogens with one attached hydrogen (secondary N) is 1. The van der Waals surface area contributed by atoms with Crippen LogP contribution in [0.2, 0.25) is 10.0 Å². The van der Waals surface area contributed by atoms with Crippen LogP contribution >= 0.6 is 23.2 Å². The predicted molar refractivity (Wildman–Crippen MR) is 92.3 cm³/mol. The molecule has 2 aromatic carbocycles. The van der Waals surface area contributed by atoms with Crippen LogP contribution in [0.25, 0.3) is 0 Å². The minimum atomic E-state index is 0.166. The maximum atomic E-state index is 6.07. The topological polar surface area (TPSA) is 15.3 Å². The van der Waals surface area contributed by atoms with Gasteiger partial charge in [-0.25, -0.2) is 0 Å². The second-order valence-electron chi connectivity index (χ2n) is 5.47. The lowest BCUT2D eigenvalue weighted by atomic mass is 10.1. The summed E-state index contributed by atoms with van der Waals surface area (Å²) in [4.78, 5) is 2.15. The van der Waals surface area contributed by atoms with Gasteiger partial charge in [0.25, 0.3) is 0 Å². The van der Waals surface area contributed by atoms with Crippen LogP contribution in [0, 0.1) is 0 Å². The lowest BCUT2D eigenvalue weighted by Gasteiger charge is -2.17. The molecule has 0 aliphatic heterocycles. The Kier molecular flexibility index (Phi) is 5.51. The van der Waals surface area contributed by atoms with Crippen LogP contribution in [-0.4, -0.2) is 19.0 Å². The van der Waals surface area contributed by atoms with E-state index in [1.165, 1.54) is 5.56 Å². The first-order valence-corrected chi connectivity index (χ1v) is 7.66. The van der Waals surface area contributed by atoms with Crippen molar-refractivity contribution in [3.8, 4) is 0 Å². The van der Waals surface area contributed by atoms with Crippen molar-refractivity contribution in [3.05, 3.63) is 63.6 Å². The van der Waals surface area contributed by atoms with E-state index in [1.807, 2.05) is 18.2 Å². The van der Waals surface area contributed by atoms with Crippen LogP contribution in [-0.2, 0) is 6.54 Å². The van der Waals surface area contributed by atoms with Crippen LogP contribution in [0.3, 0.4) is 0 Å². The van der Waals surface area contributed by atoms with Gasteiger partial charge < -0.3 is 10.2 Å². The van der Waals surface area contributed by atoms with Crippen LogP contribution in [0.5, 0.6) is 0 Å². The molecule has 21 heavy (non-hydrogen) atoms. The minimum Gasteiger partial charge on any atom is -0.379 e. The Bertz CT molecular complexity index is 594. The Labute approximate surface area is 136 Å². The average Bonchev–Trinajstić information content (AvgIpc) is 2.43. The van der Waals surface area contributed by atoms with Crippen molar-refractivity contribution in [2.75, 3.05) is 19.4 Å². The lowest BCUT2D eigenvalue weighted by molar-refractivity contribution is 0.402. The fraction of sp³-hybridized carbons (Fsp3) is 0.294. The Hall–Kier alpha value is -1.22. The summed E-state index contributed by atoms with van der Waals surface area (Å²) in [6.45, 7) is 3.05. The van der Waals surface area contributed by atoms with Gasteiger partial charge >= 0.3 is 0 Å². The van der Waals surface area contributed by atoms with Crippen LogP contribution in [0.4, 0.5) is 5.69 Å². The number of halogens is 2. The van der Waals surface area contributed by atoms with E-state index < -0.39 is 0 Å². The summed E-state index contributed by atoms with van der Waals surface area (Å²) in [6.07, 6.45) is 0. The fourth-order valence-electron chi connectivity index (χ4n) is 2.19. The van der Waals surface area contributed by atoms with Gasteiger partial charge in [0.05, 0.1) is 10.0 Å². The molecule has 0 bridgehead atoms. The Balaban J connectivity index is 2.04. The van der Waals surface area contributed by atoms with Crippen LogP contribution in [0.15, 0.2) is 42.5 Å². The Morgan fingerprint density at radius 1 is 1.00 bits per heavy atom. The molecule has 0 fully saturated rings. The highest BCUT2D eigenvalue weighted by Crippen LogP contribution is 2.27. The average molecular weight is 323 g/mol. The Morgan fingerprint density at radius 2 is 1.67 bits per heavy atom. The maximum Gasteiger partial charge on any atom is 0.0595 e. The number of nitrogens with zero attached hydrogens (tertiary/aromatic N) is 1. The van der Waals surface area contributed by atoms with E-state index in [9.17, 15) is 0 Å². The molecule has 0 aliphatic rings. The minimum absolute atomic E-state index is 0.166. The molecular weight excluding hydrogens is 303 g/mol. The molecule has 112 valence electrons. The number of anilines is 1. The summed E-state index contributed by atoms with van der Waals surface area (Å²) in [6, 6.07) is 14.4. The standard InChI is InChI=1S/C17H20Cl2N2/c1-12(14-6-9-16(18)17(19)10-14)20-15-7-4-13(5-8-15)11-21(2)3/h4-10,12,20H,11H2,1-3H3. The highest BCUT2D eigenvalue weighted by atomic mass is 35.5. The van der Waals surface area contributed by atoms with Crippen molar-refractivity contribution in [1.29, 1.82) is 0 Å². The number of hydrogen-bond donors (Lipinski definition) is 1. The van der Waals surface area contributed by atoms with Gasteiger partial charge in [0.2, 0.25) is 0 Å². The first kappa shape index (κ1) is 16.2. The van der Waals surface area contributed by atoms with Crippen molar-refractivity contribution < 1.29 is 0 Å². The van der Waals surface area contributed by atoms with Gasteiger partial charge in [-0.1, -0.05) is 41.4 Å². The normalized spacial score (nSPS) is 12.5. The van der Waals surface area contributed by atoms with Gasteiger partial charge in [0.15, 0.2) is 0 Å². The molecule has 0 radical (unpaired) electrons. The first-order chi connectivity index (χ1) is 9.95. The molecule has 0 heterocycles. The summed E-state index contributed by atoms with van der Waals surface area (Å²) in [5.41, 5.74) is 3.51. The Morgan fingerprint density at radius 3 is 2.24 bits per heavy atom. The van der Waals surface area contributed by atoms with Gasteiger partial charge in [-0.2, -0.15) is 0 Å². The third-order valence-corrected chi connectivity index (χ3v) is 4.02. The highest BCUT2D eigenvalue weighted by Gasteiger charge is 2.07. The fourth-order valence-corrected chi connectivity index (χ4v) is 2.49. The molecule has 1 N–H and O–H groups in total. The first-order valence-electron chi connectivity index (χ1n) is 6.91. The largest absolute Gasteiger partial charge is 0.379 e. The monoisotopic (exact) mass is 322 g/mol. The zero-order valence-electron chi connectivity index (χ0n) is 12.5. The van der Waals surface area contributed by atoms with Gasteiger partial charge in [-0.3, -0.25) is 0 Å². The summed E-state index contributed by atoms with van der Waals surface area (Å²) in [7, 11) is 4.14. The van der Waals surface area contributed by atoms with Crippen molar-refractivity contribution in [2.24, 2.45) is 0 Å². The molecular formula is C17H20Cl2N2. The zero-order chi connectivity index (χ0) is 15.4. The summed E-state index contributed by atoms with van der Waals surface area (Å²) in [5.74, 6) is 0. The molecule has 4 heteroatoms. The van der Waals surface area contributed by atoms with E-state index in [0.29, 0.717) is 10.0 Å². The van der Waals surface area contributed by atoms with Crippen LogP contribution in [0.1, 0.15) is 24.1 Å². The maximum absolute atomic E-state index is 6.07. The summed E-state index contributed by atoms with van der Waals surface area (Å²) >= 11 is 12.0. The molecule has 0 amide bonds. The predicted octanol–water partition coefficient (Wildman–Crippen LogP) is 5.23. The SMILES string of the molecule is CC(Nc1ccc(CN(C)C)cc1)c1ccc(Cl)c(Cl)c1. The molecule has 0 spiro atoms. The molecule has 0 aromatic heterocycles. The van der Waals surface area contributed by atoms with Gasteiger partial charge in [0, 0.05) is 18.3 Å². The summed E-state index contributed by atoms with van der Waals surface area (Å²) < 4.78 is 0. The molecule has 1 unspecified atom stereocenters. The molecule has 2 nitrogen and oxygen atoms in total. The third-order valence-electron chi connectivity index (χ3n) is 3.28. The van der Waals surface area contributed by atoms with Crippen molar-refractivity contribution in [2.45, 2.75) is 19.5 Å². The molecule has 2 aromatic rings. The number of hydrogen-bond acceptors (Lipinski definition) is 2. The zero-order valence-corrected chi connectivity index (χ0v) is 14.0. The second-order valence-corrected chi connectivity index (χ2v) is 6.29. The number of benzene rings is 2. The van der Waals surface area contributed by atoms with E-state index >= 15 is 0 Å². The summed E-state index contributed by atoms with van der Waals surface area (Å²) in [5, 5.41) is 4.64. The van der Waals surface area contributed by atoms with Crippen molar-refractivity contribution in [1.82, 2.24) is 4.90 Å². The second kappa shape index (κ2) is 7.17. The quantitative estimate of drug-likeness (QED) is 0.811. The van der Waals surface area contributed by atoms with Gasteiger partial charge in [0.1, 0.15) is 0 Å². The third kappa shape index (κ3) is 4.63. The number of rotatable bonds is 5. The van der Waals surface area contributed by atoms with E-state index in [0.717, 1.165) is 17.8 Å². The highest BCUT2D eigenvalue weighted by molar-refractivity contribution is 6.42. The lowest BCUT2D eigenvalue weighted by Crippen LogP contribution is -2.11. The van der Waals surface area contributed by atoms with E-state index in [2.05, 4.69) is 55.5 Å². The van der Waals surface area contributed by atoms with Crippen LogP contribution < -0.4 is 5.32 Å². The van der Waals surface area contributed by atoms with Gasteiger partial charge in [-0.15, -0.1) is 0 Å².